The topological polar surface area (TPSA) is 84.7 Å². The van der Waals surface area contributed by atoms with Gasteiger partial charge in [-0.2, -0.15) is 5.10 Å². The quantitative estimate of drug-likeness (QED) is 0.684. The van der Waals surface area contributed by atoms with Crippen molar-refractivity contribution in [3.05, 3.63) is 53.5 Å². The summed E-state index contributed by atoms with van der Waals surface area (Å²) in [5, 5.41) is 7.55. The molecule has 3 rings (SSSR count). The predicted octanol–water partition coefficient (Wildman–Crippen LogP) is 2.08. The third-order valence-corrected chi connectivity index (χ3v) is 3.00. The molecule has 1 aromatic carbocycles. The fourth-order valence-corrected chi connectivity index (χ4v) is 2.08. The molecule has 0 spiro atoms. The van der Waals surface area contributed by atoms with Crippen LogP contribution < -0.4 is 5.73 Å². The molecule has 0 aliphatic rings. The molecule has 3 N–H and O–H groups in total. The van der Waals surface area contributed by atoms with E-state index in [1.165, 1.54) is 0 Å². The molecule has 0 bridgehead atoms. The molecule has 5 heteroatoms. The average molecular weight is 252 g/mol. The van der Waals surface area contributed by atoms with Gasteiger partial charge < -0.3 is 5.73 Å². The first-order valence-electron chi connectivity index (χ1n) is 5.86. The number of hydrogen-bond acceptors (Lipinski definition) is 4. The number of carbonyl (C=O) groups is 1. The van der Waals surface area contributed by atoms with Crippen LogP contribution in [0.1, 0.15) is 21.6 Å². The Bertz CT molecular complexity index is 776. The number of pyridine rings is 1. The van der Waals surface area contributed by atoms with Gasteiger partial charge in [-0.15, -0.1) is 0 Å². The lowest BCUT2D eigenvalue weighted by Crippen LogP contribution is -2.08. The summed E-state index contributed by atoms with van der Waals surface area (Å²) in [4.78, 5) is 16.6. The Kier molecular flexibility index (Phi) is 2.52. The summed E-state index contributed by atoms with van der Waals surface area (Å²) in [7, 11) is 0. The summed E-state index contributed by atoms with van der Waals surface area (Å²) >= 11 is 0. The number of carbonyl (C=O) groups excluding carboxylic acids is 1. The lowest BCUT2D eigenvalue weighted by Gasteiger charge is -2.05. The van der Waals surface area contributed by atoms with E-state index in [9.17, 15) is 4.79 Å². The summed E-state index contributed by atoms with van der Waals surface area (Å²) in [5.74, 6) is -0.190. The number of anilines is 1. The van der Waals surface area contributed by atoms with Crippen LogP contribution in [0, 0.1) is 6.92 Å². The van der Waals surface area contributed by atoms with Gasteiger partial charge in [0, 0.05) is 17.1 Å². The summed E-state index contributed by atoms with van der Waals surface area (Å²) in [6, 6.07) is 7.17. The first-order chi connectivity index (χ1) is 9.16. The van der Waals surface area contributed by atoms with Gasteiger partial charge in [0.1, 0.15) is 5.69 Å². The molecule has 0 amide bonds. The van der Waals surface area contributed by atoms with Crippen LogP contribution >= 0.6 is 0 Å². The number of nitrogens with zero attached hydrogens (tertiary/aromatic N) is 2. The van der Waals surface area contributed by atoms with Gasteiger partial charge in [-0.05, 0) is 24.6 Å². The Hall–Kier alpha value is -2.69. The molecule has 94 valence electrons. The van der Waals surface area contributed by atoms with Crippen LogP contribution in [0.3, 0.4) is 0 Å². The lowest BCUT2D eigenvalue weighted by molar-refractivity contribution is 0.103. The van der Waals surface area contributed by atoms with Gasteiger partial charge in [-0.1, -0.05) is 12.1 Å². The molecule has 0 aliphatic heterocycles. The maximum absolute atomic E-state index is 12.5. The zero-order chi connectivity index (χ0) is 13.4. The van der Waals surface area contributed by atoms with Gasteiger partial charge in [0.25, 0.3) is 0 Å². The van der Waals surface area contributed by atoms with Crippen LogP contribution in [0.5, 0.6) is 0 Å². The van der Waals surface area contributed by atoms with Crippen molar-refractivity contribution in [2.75, 3.05) is 5.73 Å². The molecule has 5 nitrogen and oxygen atoms in total. The van der Waals surface area contributed by atoms with Crippen LogP contribution in [-0.2, 0) is 0 Å². The third-order valence-electron chi connectivity index (χ3n) is 3.00. The Morgan fingerprint density at radius 3 is 2.95 bits per heavy atom. The van der Waals surface area contributed by atoms with E-state index < -0.39 is 0 Å². The highest BCUT2D eigenvalue weighted by Crippen LogP contribution is 2.21. The summed E-state index contributed by atoms with van der Waals surface area (Å²) in [5.41, 5.74) is 8.84. The molecule has 0 fully saturated rings. The highest BCUT2D eigenvalue weighted by atomic mass is 16.1. The Balaban J connectivity index is 2.16. The number of benzene rings is 1. The first kappa shape index (κ1) is 11.4. The van der Waals surface area contributed by atoms with E-state index in [4.69, 9.17) is 5.73 Å². The second-order valence-electron chi connectivity index (χ2n) is 4.42. The van der Waals surface area contributed by atoms with Crippen LogP contribution in [0.2, 0.25) is 0 Å². The third kappa shape index (κ3) is 1.85. The van der Waals surface area contributed by atoms with Gasteiger partial charge in [0.15, 0.2) is 0 Å². The highest BCUT2D eigenvalue weighted by Gasteiger charge is 2.17. The minimum atomic E-state index is -0.190. The number of nitrogens with two attached hydrogens (primary N) is 1. The molecule has 0 saturated carbocycles. The summed E-state index contributed by atoms with van der Waals surface area (Å²) in [6.07, 6.45) is 3.27. The zero-order valence-corrected chi connectivity index (χ0v) is 10.3. The second kappa shape index (κ2) is 4.20. The fraction of sp³-hybridized carbons (Fsp3) is 0.0714. The molecule has 0 aliphatic carbocycles. The molecule has 3 aromatic rings. The van der Waals surface area contributed by atoms with E-state index in [1.54, 1.807) is 30.6 Å². The maximum atomic E-state index is 12.5. The average Bonchev–Trinajstić information content (AvgIpc) is 2.86. The van der Waals surface area contributed by atoms with E-state index in [2.05, 4.69) is 15.2 Å². The van der Waals surface area contributed by atoms with Crippen molar-refractivity contribution in [1.82, 2.24) is 15.2 Å². The van der Waals surface area contributed by atoms with E-state index in [-0.39, 0.29) is 11.5 Å². The van der Waals surface area contributed by atoms with Crippen LogP contribution in [0.25, 0.3) is 10.9 Å². The van der Waals surface area contributed by atoms with E-state index in [0.29, 0.717) is 11.3 Å². The minimum absolute atomic E-state index is 0.190. The van der Waals surface area contributed by atoms with Gasteiger partial charge in [-0.3, -0.25) is 14.9 Å². The number of nitrogen functional groups attached to an aromatic ring is 1. The van der Waals surface area contributed by atoms with E-state index in [1.807, 2.05) is 13.0 Å². The van der Waals surface area contributed by atoms with E-state index in [0.717, 1.165) is 16.5 Å². The SMILES string of the molecule is Cc1cnc(C(=O)c2cccc3[nH]ncc23)c(N)c1. The number of ketones is 1. The first-order valence-corrected chi connectivity index (χ1v) is 5.86. The monoisotopic (exact) mass is 252 g/mol. The molecule has 19 heavy (non-hydrogen) atoms. The van der Waals surface area contributed by atoms with Crippen molar-refractivity contribution in [3.8, 4) is 0 Å². The normalized spacial score (nSPS) is 10.8. The smallest absolute Gasteiger partial charge is 0.214 e. The summed E-state index contributed by atoms with van der Waals surface area (Å²) < 4.78 is 0. The molecular formula is C14H12N4O. The Morgan fingerprint density at radius 1 is 1.32 bits per heavy atom. The molecular weight excluding hydrogens is 240 g/mol. The number of rotatable bonds is 2. The molecule has 0 unspecified atom stereocenters. The van der Waals surface area contributed by atoms with Gasteiger partial charge in [0.05, 0.1) is 17.4 Å². The molecule has 2 aromatic heterocycles. The van der Waals surface area contributed by atoms with Crippen molar-refractivity contribution < 1.29 is 4.79 Å². The van der Waals surface area contributed by atoms with Crippen LogP contribution in [0.4, 0.5) is 5.69 Å². The second-order valence-corrected chi connectivity index (χ2v) is 4.42. The highest BCUT2D eigenvalue weighted by molar-refractivity contribution is 6.17. The van der Waals surface area contributed by atoms with Gasteiger partial charge in [0.2, 0.25) is 5.78 Å². The number of nitrogens with one attached hydrogen (secondary N) is 1. The lowest BCUT2D eigenvalue weighted by atomic mass is 10.0. The van der Waals surface area contributed by atoms with Crippen molar-refractivity contribution in [1.29, 1.82) is 0 Å². The number of fused-ring (bicyclic) bond motifs is 1. The number of H-pyrrole nitrogens is 1. The van der Waals surface area contributed by atoms with Crippen molar-refractivity contribution in [2.24, 2.45) is 0 Å². The summed E-state index contributed by atoms with van der Waals surface area (Å²) in [6.45, 7) is 1.88. The van der Waals surface area contributed by atoms with Crippen LogP contribution in [-0.4, -0.2) is 21.0 Å². The van der Waals surface area contributed by atoms with Crippen molar-refractivity contribution in [3.63, 3.8) is 0 Å². The number of aryl methyl sites for hydroxylation is 1. The number of aromatic nitrogens is 3. The van der Waals surface area contributed by atoms with E-state index >= 15 is 0 Å². The van der Waals surface area contributed by atoms with Crippen molar-refractivity contribution in [2.45, 2.75) is 6.92 Å². The number of hydrogen-bond donors (Lipinski definition) is 2. The van der Waals surface area contributed by atoms with Gasteiger partial charge in [-0.25, -0.2) is 0 Å². The largest absolute Gasteiger partial charge is 0.397 e. The molecule has 0 atom stereocenters. The van der Waals surface area contributed by atoms with Crippen LogP contribution in [0.15, 0.2) is 36.7 Å². The fourth-order valence-electron chi connectivity index (χ4n) is 2.08. The Labute approximate surface area is 109 Å². The molecule has 2 heterocycles. The number of aromatic amines is 1. The maximum Gasteiger partial charge on any atom is 0.214 e. The molecule has 0 saturated heterocycles. The Morgan fingerprint density at radius 2 is 2.16 bits per heavy atom. The zero-order valence-electron chi connectivity index (χ0n) is 10.3. The minimum Gasteiger partial charge on any atom is -0.397 e. The molecule has 0 radical (unpaired) electrons. The van der Waals surface area contributed by atoms with Gasteiger partial charge >= 0.3 is 0 Å². The standard InChI is InChI=1S/C14H12N4O/c1-8-5-11(15)13(16-6-8)14(19)9-3-2-4-12-10(9)7-17-18-12/h2-7H,15H2,1H3,(H,17,18). The predicted molar refractivity (Wildman–Crippen MR) is 72.9 cm³/mol. The van der Waals surface area contributed by atoms with Crippen molar-refractivity contribution >= 4 is 22.4 Å².